The molecule has 0 aliphatic heterocycles. The van der Waals surface area contributed by atoms with E-state index in [1.807, 2.05) is 60.3 Å². The second kappa shape index (κ2) is 6.37. The van der Waals surface area contributed by atoms with Crippen LogP contribution in [0.3, 0.4) is 0 Å². The van der Waals surface area contributed by atoms with Crippen LogP contribution in [-0.4, -0.2) is 21.6 Å². The van der Waals surface area contributed by atoms with Gasteiger partial charge in [-0.1, -0.05) is 36.4 Å². The van der Waals surface area contributed by atoms with E-state index in [2.05, 4.69) is 27.4 Å². The molecule has 5 nitrogen and oxygen atoms in total. The number of para-hydroxylation sites is 1. The monoisotopic (exact) mass is 330 g/mol. The molecule has 2 aromatic heterocycles. The van der Waals surface area contributed by atoms with Gasteiger partial charge in [-0.15, -0.1) is 0 Å². The topological polar surface area (TPSA) is 62.7 Å². The summed E-state index contributed by atoms with van der Waals surface area (Å²) in [5.74, 6) is 0. The highest BCUT2D eigenvalue weighted by Gasteiger charge is 2.15. The van der Waals surface area contributed by atoms with Crippen molar-refractivity contribution in [2.24, 2.45) is 0 Å². The molecule has 4 aromatic rings. The summed E-state index contributed by atoms with van der Waals surface area (Å²) < 4.78 is 1.90. The van der Waals surface area contributed by atoms with Gasteiger partial charge in [0.15, 0.2) is 0 Å². The van der Waals surface area contributed by atoms with Gasteiger partial charge in [0, 0.05) is 24.0 Å². The van der Waals surface area contributed by atoms with Crippen molar-refractivity contribution < 1.29 is 0 Å². The zero-order chi connectivity index (χ0) is 17.2. The van der Waals surface area contributed by atoms with Crippen LogP contribution in [0.4, 0.5) is 0 Å². The first-order valence-corrected chi connectivity index (χ1v) is 8.16. The van der Waals surface area contributed by atoms with Crippen molar-refractivity contribution in [1.29, 1.82) is 0 Å². The Labute approximate surface area is 145 Å². The molecule has 2 heterocycles. The third kappa shape index (κ3) is 2.75. The maximum absolute atomic E-state index is 12.5. The fourth-order valence-electron chi connectivity index (χ4n) is 3.12. The first-order chi connectivity index (χ1) is 12.3. The highest BCUT2D eigenvalue weighted by atomic mass is 16.1. The van der Waals surface area contributed by atoms with Crippen LogP contribution in [0.1, 0.15) is 5.56 Å². The number of aromatic nitrogens is 3. The van der Waals surface area contributed by atoms with Crippen molar-refractivity contribution in [2.45, 2.75) is 6.54 Å². The van der Waals surface area contributed by atoms with Crippen molar-refractivity contribution in [3.63, 3.8) is 0 Å². The summed E-state index contributed by atoms with van der Waals surface area (Å²) in [5.41, 5.74) is 5.23. The predicted molar refractivity (Wildman–Crippen MR) is 99.9 cm³/mol. The Bertz CT molecular complexity index is 1080. The van der Waals surface area contributed by atoms with Gasteiger partial charge in [0.25, 0.3) is 5.56 Å². The van der Waals surface area contributed by atoms with Crippen LogP contribution < -0.4 is 10.9 Å². The average molecular weight is 330 g/mol. The Morgan fingerprint density at radius 1 is 1.12 bits per heavy atom. The number of rotatable bonds is 4. The molecule has 0 amide bonds. The molecule has 0 aliphatic rings. The van der Waals surface area contributed by atoms with Crippen LogP contribution in [-0.2, 0) is 6.54 Å². The quantitative estimate of drug-likeness (QED) is 0.604. The fourth-order valence-corrected chi connectivity index (χ4v) is 3.12. The maximum atomic E-state index is 12.5. The smallest absolute Gasteiger partial charge is 0.275 e. The van der Waals surface area contributed by atoms with Crippen LogP contribution in [0.25, 0.3) is 27.8 Å². The Hall–Kier alpha value is -3.18. The third-order valence-electron chi connectivity index (χ3n) is 4.24. The largest absolute Gasteiger partial charge is 0.316 e. The van der Waals surface area contributed by atoms with Crippen LogP contribution in [0, 0.1) is 0 Å². The van der Waals surface area contributed by atoms with Gasteiger partial charge >= 0.3 is 0 Å². The highest BCUT2D eigenvalue weighted by Crippen LogP contribution is 2.30. The Balaban J connectivity index is 1.99. The molecule has 0 saturated heterocycles. The summed E-state index contributed by atoms with van der Waals surface area (Å²) >= 11 is 0. The minimum Gasteiger partial charge on any atom is -0.316 e. The van der Waals surface area contributed by atoms with Gasteiger partial charge in [0.05, 0.1) is 6.33 Å². The Morgan fingerprint density at radius 3 is 2.76 bits per heavy atom. The van der Waals surface area contributed by atoms with Crippen molar-refractivity contribution in [3.8, 4) is 16.8 Å². The summed E-state index contributed by atoms with van der Waals surface area (Å²) in [7, 11) is 1.93. The molecule has 0 unspecified atom stereocenters. The molecule has 0 saturated carbocycles. The predicted octanol–water partition coefficient (Wildman–Crippen LogP) is 3.10. The molecule has 0 spiro atoms. The lowest BCUT2D eigenvalue weighted by molar-refractivity contribution is 0.818. The zero-order valence-corrected chi connectivity index (χ0v) is 13.9. The summed E-state index contributed by atoms with van der Waals surface area (Å²) in [5, 5.41) is 3.16. The van der Waals surface area contributed by atoms with E-state index >= 15 is 0 Å². The lowest BCUT2D eigenvalue weighted by atomic mass is 10.0. The van der Waals surface area contributed by atoms with Gasteiger partial charge in [-0.2, -0.15) is 0 Å². The minimum atomic E-state index is -0.147. The SMILES string of the molecule is CNCc1cccc(-c2cn(-c3ccccc3)c3c(=O)[nH]cnc23)c1. The Morgan fingerprint density at radius 2 is 1.96 bits per heavy atom. The Kier molecular flexibility index (Phi) is 3.91. The molecule has 5 heteroatoms. The number of nitrogens with one attached hydrogen (secondary N) is 2. The van der Waals surface area contributed by atoms with Crippen LogP contribution in [0.2, 0.25) is 0 Å². The van der Waals surface area contributed by atoms with Crippen molar-refractivity contribution in [3.05, 3.63) is 83.0 Å². The van der Waals surface area contributed by atoms with Gasteiger partial charge in [-0.3, -0.25) is 4.79 Å². The van der Waals surface area contributed by atoms with Crippen LogP contribution in [0.15, 0.2) is 71.9 Å². The van der Waals surface area contributed by atoms with Gasteiger partial charge in [-0.05, 0) is 36.4 Å². The second-order valence-corrected chi connectivity index (χ2v) is 5.91. The number of benzene rings is 2. The molecule has 2 aromatic carbocycles. The number of H-pyrrole nitrogens is 1. The third-order valence-corrected chi connectivity index (χ3v) is 4.24. The van der Waals surface area contributed by atoms with Gasteiger partial charge in [0.1, 0.15) is 11.0 Å². The molecule has 0 radical (unpaired) electrons. The molecule has 25 heavy (non-hydrogen) atoms. The van der Waals surface area contributed by atoms with Crippen molar-refractivity contribution in [1.82, 2.24) is 19.9 Å². The van der Waals surface area contributed by atoms with Crippen molar-refractivity contribution >= 4 is 11.0 Å². The van der Waals surface area contributed by atoms with Gasteiger partial charge < -0.3 is 14.9 Å². The van der Waals surface area contributed by atoms with Crippen molar-refractivity contribution in [2.75, 3.05) is 7.05 Å². The first-order valence-electron chi connectivity index (χ1n) is 8.16. The van der Waals surface area contributed by atoms with E-state index < -0.39 is 0 Å². The van der Waals surface area contributed by atoms with E-state index in [1.54, 1.807) is 0 Å². The highest BCUT2D eigenvalue weighted by molar-refractivity contribution is 5.93. The molecule has 2 N–H and O–H groups in total. The first kappa shape index (κ1) is 15.4. The lowest BCUT2D eigenvalue weighted by Gasteiger charge is -2.04. The average Bonchev–Trinajstić information content (AvgIpc) is 3.04. The summed E-state index contributed by atoms with van der Waals surface area (Å²) in [6.45, 7) is 0.791. The van der Waals surface area contributed by atoms with E-state index in [0.717, 1.165) is 23.4 Å². The lowest BCUT2D eigenvalue weighted by Crippen LogP contribution is -2.09. The van der Waals surface area contributed by atoms with Crippen LogP contribution >= 0.6 is 0 Å². The van der Waals surface area contributed by atoms with E-state index in [-0.39, 0.29) is 5.56 Å². The summed E-state index contributed by atoms with van der Waals surface area (Å²) in [6, 6.07) is 18.1. The number of hydrogen-bond donors (Lipinski definition) is 2. The minimum absolute atomic E-state index is 0.147. The maximum Gasteiger partial charge on any atom is 0.275 e. The summed E-state index contributed by atoms with van der Waals surface area (Å²) in [4.78, 5) is 19.6. The normalized spacial score (nSPS) is 11.1. The molecule has 124 valence electrons. The standard InChI is InChI=1S/C20H18N4O/c1-21-11-14-6-5-7-15(10-14)17-12-24(16-8-3-2-4-9-16)19-18(17)22-13-23-20(19)25/h2-10,12-13,21H,11H2,1H3,(H,22,23,25). The molecular formula is C20H18N4O. The number of aromatic amines is 1. The molecular weight excluding hydrogens is 312 g/mol. The molecule has 4 rings (SSSR count). The molecule has 0 bridgehead atoms. The number of fused-ring (bicyclic) bond motifs is 1. The van der Waals surface area contributed by atoms with Gasteiger partial charge in [0.2, 0.25) is 0 Å². The number of nitrogens with zero attached hydrogens (tertiary/aromatic N) is 2. The van der Waals surface area contributed by atoms with E-state index in [0.29, 0.717) is 11.0 Å². The molecule has 0 aliphatic carbocycles. The fraction of sp³-hybridized carbons (Fsp3) is 0.100. The van der Waals surface area contributed by atoms with E-state index in [9.17, 15) is 4.79 Å². The van der Waals surface area contributed by atoms with Gasteiger partial charge in [-0.25, -0.2) is 4.98 Å². The number of hydrogen-bond acceptors (Lipinski definition) is 3. The van der Waals surface area contributed by atoms with E-state index in [1.165, 1.54) is 11.9 Å². The molecule has 0 atom stereocenters. The molecule has 0 fully saturated rings. The second-order valence-electron chi connectivity index (χ2n) is 5.91. The van der Waals surface area contributed by atoms with E-state index in [4.69, 9.17) is 0 Å². The van der Waals surface area contributed by atoms with Crippen LogP contribution in [0.5, 0.6) is 0 Å². The zero-order valence-electron chi connectivity index (χ0n) is 13.9. The summed E-state index contributed by atoms with van der Waals surface area (Å²) in [6.07, 6.45) is 3.45.